The summed E-state index contributed by atoms with van der Waals surface area (Å²) in [5.74, 6) is 0. The van der Waals surface area contributed by atoms with Crippen LogP contribution in [-0.2, 0) is 4.74 Å². The summed E-state index contributed by atoms with van der Waals surface area (Å²) in [5, 5.41) is 27.8. The topological polar surface area (TPSA) is 104 Å². The zero-order chi connectivity index (χ0) is 30.0. The molecular weight excluding hydrogens is 560 g/mol. The van der Waals surface area contributed by atoms with E-state index in [1.54, 1.807) is 6.20 Å². The molecule has 0 saturated carbocycles. The Bertz CT molecular complexity index is 1600. The van der Waals surface area contributed by atoms with Crippen molar-refractivity contribution in [2.24, 2.45) is 0 Å². The summed E-state index contributed by atoms with van der Waals surface area (Å²) >= 11 is 6.72. The van der Waals surface area contributed by atoms with E-state index in [4.69, 9.17) is 21.3 Å². The number of nitrogens with zero attached hydrogens (tertiary/aromatic N) is 6. The van der Waals surface area contributed by atoms with Crippen LogP contribution in [0.4, 0.5) is 11.4 Å². The van der Waals surface area contributed by atoms with Crippen molar-refractivity contribution in [3.05, 3.63) is 76.7 Å². The number of ether oxygens (including phenoxy) is 1. The Hall–Kier alpha value is -3.71. The normalized spacial score (nSPS) is 19.2. The highest BCUT2D eigenvalue weighted by Crippen LogP contribution is 2.37. The lowest BCUT2D eigenvalue weighted by atomic mass is 9.98. The molecule has 0 unspecified atom stereocenters. The summed E-state index contributed by atoms with van der Waals surface area (Å²) < 4.78 is 7.72. The van der Waals surface area contributed by atoms with E-state index in [9.17, 15) is 5.26 Å². The predicted octanol–water partition coefficient (Wildman–Crippen LogP) is 6.58. The van der Waals surface area contributed by atoms with Gasteiger partial charge in [0.15, 0.2) is 0 Å². The minimum atomic E-state index is -0.285. The standard InChI is InChI=1S/C33H39ClN8O/c1-33(2,3)41-13-11-26(12-14-41)42-20-29(39-40-42)31(22-8-5-4-6-9-22)38-28-17-24(34)16-27-30(23(18-35)19-36-32(27)28)37-25-10-7-15-43-21-25/h4-6,8-9,16-17,19-20,25-26,31,38H,7,10-15,21H2,1-3H3,(H,36,37)/t25-,31+/m1/s1. The van der Waals surface area contributed by atoms with Crippen LogP contribution >= 0.6 is 11.6 Å². The van der Waals surface area contributed by atoms with Gasteiger partial charge in [0.1, 0.15) is 11.8 Å². The Morgan fingerprint density at radius 2 is 1.91 bits per heavy atom. The third kappa shape index (κ3) is 6.47. The van der Waals surface area contributed by atoms with Crippen LogP contribution in [0, 0.1) is 11.3 Å². The van der Waals surface area contributed by atoms with Gasteiger partial charge in [-0.25, -0.2) is 4.68 Å². The minimum absolute atomic E-state index is 0.115. The highest BCUT2D eigenvalue weighted by molar-refractivity contribution is 6.32. The number of halogens is 1. The second-order valence-electron chi connectivity index (χ2n) is 12.6. The molecule has 0 aliphatic carbocycles. The van der Waals surface area contributed by atoms with Crippen LogP contribution in [0.2, 0.25) is 5.02 Å². The van der Waals surface area contributed by atoms with E-state index in [1.165, 1.54) is 0 Å². The fourth-order valence-corrected chi connectivity index (χ4v) is 6.43. The van der Waals surface area contributed by atoms with E-state index in [-0.39, 0.29) is 17.6 Å². The molecule has 2 aromatic heterocycles. The smallest absolute Gasteiger partial charge is 0.109 e. The summed E-state index contributed by atoms with van der Waals surface area (Å²) in [5.41, 5.74) is 4.74. The average Bonchev–Trinajstić information content (AvgIpc) is 3.51. The van der Waals surface area contributed by atoms with Gasteiger partial charge >= 0.3 is 0 Å². The molecule has 2 aliphatic rings. The van der Waals surface area contributed by atoms with Gasteiger partial charge in [-0.15, -0.1) is 5.10 Å². The van der Waals surface area contributed by atoms with E-state index in [0.717, 1.165) is 78.9 Å². The first-order valence-corrected chi connectivity index (χ1v) is 15.5. The molecule has 2 aliphatic heterocycles. The Morgan fingerprint density at radius 3 is 2.60 bits per heavy atom. The number of benzene rings is 2. The summed E-state index contributed by atoms with van der Waals surface area (Å²) in [6, 6.07) is 16.4. The summed E-state index contributed by atoms with van der Waals surface area (Å²) in [4.78, 5) is 7.27. The highest BCUT2D eigenvalue weighted by Gasteiger charge is 2.29. The fraction of sp³-hybridized carbons (Fsp3) is 0.455. The van der Waals surface area contributed by atoms with Crippen molar-refractivity contribution in [1.29, 1.82) is 5.26 Å². The monoisotopic (exact) mass is 598 g/mol. The Labute approximate surface area is 258 Å². The third-order valence-electron chi connectivity index (χ3n) is 8.61. The molecule has 9 nitrogen and oxygen atoms in total. The average molecular weight is 599 g/mol. The van der Waals surface area contributed by atoms with Crippen LogP contribution in [0.3, 0.4) is 0 Å². The number of nitrogens with one attached hydrogen (secondary N) is 2. The summed E-state index contributed by atoms with van der Waals surface area (Å²) in [7, 11) is 0. The molecule has 43 heavy (non-hydrogen) atoms. The number of nitriles is 1. The summed E-state index contributed by atoms with van der Waals surface area (Å²) in [6.07, 6.45) is 7.73. The highest BCUT2D eigenvalue weighted by atomic mass is 35.5. The second kappa shape index (κ2) is 12.5. The van der Waals surface area contributed by atoms with Crippen molar-refractivity contribution >= 4 is 33.9 Å². The van der Waals surface area contributed by atoms with Crippen molar-refractivity contribution in [2.45, 2.75) is 70.1 Å². The van der Waals surface area contributed by atoms with Crippen molar-refractivity contribution < 1.29 is 4.74 Å². The van der Waals surface area contributed by atoms with Crippen molar-refractivity contribution in [3.8, 4) is 6.07 Å². The van der Waals surface area contributed by atoms with Crippen LogP contribution in [0.25, 0.3) is 10.9 Å². The Balaban J connectivity index is 1.34. The van der Waals surface area contributed by atoms with Crippen LogP contribution in [0.15, 0.2) is 54.9 Å². The molecule has 0 spiro atoms. The van der Waals surface area contributed by atoms with Gasteiger partial charge in [0.2, 0.25) is 0 Å². The number of aromatic nitrogens is 4. The van der Waals surface area contributed by atoms with Gasteiger partial charge in [0.05, 0.1) is 47.3 Å². The van der Waals surface area contributed by atoms with Crippen molar-refractivity contribution in [3.63, 3.8) is 0 Å². The van der Waals surface area contributed by atoms with Gasteiger partial charge in [-0.2, -0.15) is 5.26 Å². The number of pyridine rings is 1. The molecular formula is C33H39ClN8O. The van der Waals surface area contributed by atoms with Gasteiger partial charge in [-0.05, 0) is 64.2 Å². The first-order chi connectivity index (χ1) is 20.8. The first kappa shape index (κ1) is 29.4. The third-order valence-corrected chi connectivity index (χ3v) is 8.83. The van der Waals surface area contributed by atoms with E-state index < -0.39 is 0 Å². The molecule has 2 saturated heterocycles. The van der Waals surface area contributed by atoms with E-state index in [1.807, 2.05) is 35.0 Å². The molecule has 10 heteroatoms. The molecule has 0 amide bonds. The molecule has 6 rings (SSSR count). The van der Waals surface area contributed by atoms with Crippen LogP contribution in [0.5, 0.6) is 0 Å². The number of fused-ring (bicyclic) bond motifs is 1. The number of likely N-dealkylation sites (tertiary alicyclic amines) is 1. The fourth-order valence-electron chi connectivity index (χ4n) is 6.21. The molecule has 224 valence electrons. The van der Waals surface area contributed by atoms with Crippen molar-refractivity contribution in [1.82, 2.24) is 24.9 Å². The zero-order valence-electron chi connectivity index (χ0n) is 25.1. The Kier molecular flexibility index (Phi) is 8.53. The zero-order valence-corrected chi connectivity index (χ0v) is 25.8. The summed E-state index contributed by atoms with van der Waals surface area (Å²) in [6.45, 7) is 10.3. The lowest BCUT2D eigenvalue weighted by molar-refractivity contribution is 0.0866. The largest absolute Gasteiger partial charge is 0.379 e. The van der Waals surface area contributed by atoms with Crippen LogP contribution < -0.4 is 10.6 Å². The number of hydrogen-bond acceptors (Lipinski definition) is 8. The van der Waals surface area contributed by atoms with E-state index >= 15 is 0 Å². The lowest BCUT2D eigenvalue weighted by Crippen LogP contribution is -2.46. The molecule has 4 aromatic rings. The van der Waals surface area contributed by atoms with E-state index in [0.29, 0.717) is 23.2 Å². The van der Waals surface area contributed by atoms with Gasteiger partial charge in [0.25, 0.3) is 0 Å². The molecule has 2 atom stereocenters. The van der Waals surface area contributed by atoms with Crippen LogP contribution in [0.1, 0.15) is 75.4 Å². The lowest BCUT2D eigenvalue weighted by Gasteiger charge is -2.40. The van der Waals surface area contributed by atoms with E-state index in [2.05, 4.69) is 71.0 Å². The van der Waals surface area contributed by atoms with Gasteiger partial charge in [-0.1, -0.05) is 47.1 Å². The van der Waals surface area contributed by atoms with Gasteiger partial charge in [-0.3, -0.25) is 9.88 Å². The molecule has 0 radical (unpaired) electrons. The van der Waals surface area contributed by atoms with Gasteiger partial charge in [0, 0.05) is 47.9 Å². The quantitative estimate of drug-likeness (QED) is 0.246. The predicted molar refractivity (Wildman–Crippen MR) is 170 cm³/mol. The second-order valence-corrected chi connectivity index (χ2v) is 13.0. The van der Waals surface area contributed by atoms with Gasteiger partial charge < -0.3 is 15.4 Å². The molecule has 4 heterocycles. The molecule has 0 bridgehead atoms. The first-order valence-electron chi connectivity index (χ1n) is 15.1. The number of hydrogen-bond donors (Lipinski definition) is 2. The van der Waals surface area contributed by atoms with Crippen LogP contribution in [-0.4, -0.2) is 62.8 Å². The Morgan fingerprint density at radius 1 is 1.12 bits per heavy atom. The molecule has 2 fully saturated rings. The number of piperidine rings is 1. The number of rotatable bonds is 7. The SMILES string of the molecule is CC(C)(C)N1CCC(n2cc([C@@H](Nc3cc(Cl)cc4c(N[C@@H]5CCCOC5)c(C#N)cnc34)c3ccccc3)nn2)CC1. The number of anilines is 2. The maximum atomic E-state index is 9.92. The molecule has 2 aromatic carbocycles. The molecule has 2 N–H and O–H groups in total. The maximum Gasteiger partial charge on any atom is 0.109 e. The minimum Gasteiger partial charge on any atom is -0.379 e. The maximum absolute atomic E-state index is 9.92. The van der Waals surface area contributed by atoms with Crippen molar-refractivity contribution in [2.75, 3.05) is 36.9 Å².